The fourth-order valence-corrected chi connectivity index (χ4v) is 4.97. The summed E-state index contributed by atoms with van der Waals surface area (Å²) < 4.78 is 21.4. The van der Waals surface area contributed by atoms with Crippen LogP contribution in [0.5, 0.6) is 23.0 Å². The summed E-state index contributed by atoms with van der Waals surface area (Å²) in [6, 6.07) is 12.4. The van der Waals surface area contributed by atoms with Crippen LogP contribution >= 0.6 is 11.3 Å². The number of methoxy groups -OCH3 is 4. The Hall–Kier alpha value is -4.18. The van der Waals surface area contributed by atoms with Crippen LogP contribution in [0.2, 0.25) is 0 Å². The summed E-state index contributed by atoms with van der Waals surface area (Å²) in [6.07, 6.45) is 2.20. The Morgan fingerprint density at radius 1 is 0.925 bits per heavy atom. The zero-order chi connectivity index (χ0) is 29.1. The zero-order valence-corrected chi connectivity index (χ0v) is 24.5. The van der Waals surface area contributed by atoms with Gasteiger partial charge in [-0.1, -0.05) is 12.1 Å². The lowest BCUT2D eigenvalue weighted by molar-refractivity contribution is -0.132. The molecule has 0 bridgehead atoms. The van der Waals surface area contributed by atoms with Gasteiger partial charge in [-0.05, 0) is 48.1 Å². The predicted octanol–water partition coefficient (Wildman–Crippen LogP) is 5.38. The number of carbonyl (C=O) groups excluding carboxylic acids is 2. The van der Waals surface area contributed by atoms with E-state index in [0.717, 1.165) is 16.0 Å². The normalized spacial score (nSPS) is 10.4. The third-order valence-electron chi connectivity index (χ3n) is 6.34. The molecule has 2 aromatic carbocycles. The summed E-state index contributed by atoms with van der Waals surface area (Å²) in [7, 11) is 6.26. The van der Waals surface area contributed by atoms with E-state index < -0.39 is 6.03 Å². The van der Waals surface area contributed by atoms with Crippen molar-refractivity contribution in [2.45, 2.75) is 19.9 Å². The smallest absolute Gasteiger partial charge is 0.322 e. The summed E-state index contributed by atoms with van der Waals surface area (Å²) in [5.74, 6) is 2.18. The van der Waals surface area contributed by atoms with Gasteiger partial charge in [-0.15, -0.1) is 17.9 Å². The van der Waals surface area contributed by atoms with Gasteiger partial charge in [0.15, 0.2) is 11.5 Å². The van der Waals surface area contributed by atoms with E-state index in [4.69, 9.17) is 18.9 Å². The van der Waals surface area contributed by atoms with Crippen molar-refractivity contribution < 1.29 is 28.5 Å². The molecule has 0 saturated carbocycles. The van der Waals surface area contributed by atoms with E-state index in [1.165, 1.54) is 19.1 Å². The molecule has 214 valence electrons. The summed E-state index contributed by atoms with van der Waals surface area (Å²) in [6.45, 7) is 6.79. The van der Waals surface area contributed by atoms with Gasteiger partial charge in [-0.2, -0.15) is 0 Å². The molecule has 0 spiro atoms. The zero-order valence-electron chi connectivity index (χ0n) is 23.7. The highest BCUT2D eigenvalue weighted by molar-refractivity contribution is 7.10. The molecule has 3 aromatic rings. The van der Waals surface area contributed by atoms with E-state index in [1.54, 1.807) is 54.7 Å². The number of nitrogens with one attached hydrogen (secondary N) is 1. The van der Waals surface area contributed by atoms with Gasteiger partial charge < -0.3 is 34.1 Å². The molecule has 0 saturated heterocycles. The number of benzene rings is 2. The van der Waals surface area contributed by atoms with Gasteiger partial charge >= 0.3 is 6.03 Å². The first-order chi connectivity index (χ1) is 19.3. The standard InChI is InChI=1S/C30H37N3O6S/c1-7-12-33(30(35)31-23-16-24(36-3)18-25(17-23)37-4)20-29(34)32(19-28-21(2)11-14-40-28)13-10-22-8-9-26(38-5)27(15-22)39-6/h7-9,11,14-18H,1,10,12-13,19-20H2,2-6H3,(H,31,35). The number of urea groups is 1. The van der Waals surface area contributed by atoms with Gasteiger partial charge in [0.25, 0.3) is 0 Å². The van der Waals surface area contributed by atoms with Crippen molar-refractivity contribution in [3.63, 3.8) is 0 Å². The van der Waals surface area contributed by atoms with Crippen LogP contribution in [0.3, 0.4) is 0 Å². The average molecular weight is 568 g/mol. The van der Waals surface area contributed by atoms with E-state index in [-0.39, 0.29) is 19.0 Å². The topological polar surface area (TPSA) is 89.6 Å². The lowest BCUT2D eigenvalue weighted by atomic mass is 10.1. The van der Waals surface area contributed by atoms with Gasteiger partial charge in [-0.25, -0.2) is 4.79 Å². The summed E-state index contributed by atoms with van der Waals surface area (Å²) >= 11 is 1.61. The number of rotatable bonds is 14. The predicted molar refractivity (Wildman–Crippen MR) is 158 cm³/mol. The minimum Gasteiger partial charge on any atom is -0.497 e. The second-order valence-electron chi connectivity index (χ2n) is 8.98. The maximum atomic E-state index is 13.7. The number of nitrogens with zero attached hydrogens (tertiary/aromatic N) is 2. The maximum absolute atomic E-state index is 13.7. The lowest BCUT2D eigenvalue weighted by Crippen LogP contribution is -2.44. The van der Waals surface area contributed by atoms with Crippen LogP contribution in [0, 0.1) is 6.92 Å². The quantitative estimate of drug-likeness (QED) is 0.263. The van der Waals surface area contributed by atoms with E-state index in [0.29, 0.717) is 48.2 Å². The minimum atomic E-state index is -0.435. The Bertz CT molecular complexity index is 1290. The molecule has 1 heterocycles. The molecule has 3 amide bonds. The van der Waals surface area contributed by atoms with Gasteiger partial charge in [0, 0.05) is 41.9 Å². The number of carbonyl (C=O) groups is 2. The summed E-state index contributed by atoms with van der Waals surface area (Å²) in [4.78, 5) is 31.2. The van der Waals surface area contributed by atoms with E-state index in [2.05, 4.69) is 11.9 Å². The van der Waals surface area contributed by atoms with Crippen LogP contribution in [0.15, 0.2) is 60.5 Å². The van der Waals surface area contributed by atoms with Crippen molar-refractivity contribution in [3.8, 4) is 23.0 Å². The summed E-state index contributed by atoms with van der Waals surface area (Å²) in [5.41, 5.74) is 2.62. The lowest BCUT2D eigenvalue weighted by Gasteiger charge is -2.27. The Balaban J connectivity index is 1.77. The maximum Gasteiger partial charge on any atom is 0.322 e. The molecule has 9 nitrogen and oxygen atoms in total. The fourth-order valence-electron chi connectivity index (χ4n) is 4.05. The first-order valence-corrected chi connectivity index (χ1v) is 13.6. The molecule has 0 radical (unpaired) electrons. The molecule has 0 aliphatic carbocycles. The Morgan fingerprint density at radius 2 is 1.62 bits per heavy atom. The van der Waals surface area contributed by atoms with Crippen LogP contribution in [0.25, 0.3) is 0 Å². The molecule has 0 aliphatic heterocycles. The van der Waals surface area contributed by atoms with Crippen LogP contribution in [0.4, 0.5) is 10.5 Å². The van der Waals surface area contributed by atoms with Crippen molar-refractivity contribution in [2.24, 2.45) is 0 Å². The number of thiophene rings is 1. The van der Waals surface area contributed by atoms with Gasteiger partial charge in [0.05, 0.1) is 35.0 Å². The summed E-state index contributed by atoms with van der Waals surface area (Å²) in [5, 5.41) is 4.86. The third kappa shape index (κ3) is 8.16. The molecule has 0 fully saturated rings. The largest absolute Gasteiger partial charge is 0.497 e. The molecule has 0 atom stereocenters. The monoisotopic (exact) mass is 567 g/mol. The Morgan fingerprint density at radius 3 is 2.20 bits per heavy atom. The SMILES string of the molecule is C=CCN(CC(=O)N(CCc1ccc(OC)c(OC)c1)Cc1sccc1C)C(=O)Nc1cc(OC)cc(OC)c1. The molecule has 10 heteroatoms. The van der Waals surface area contributed by atoms with Gasteiger partial charge in [0.1, 0.15) is 18.0 Å². The van der Waals surface area contributed by atoms with E-state index >= 15 is 0 Å². The average Bonchev–Trinajstić information content (AvgIpc) is 3.38. The number of hydrogen-bond acceptors (Lipinski definition) is 7. The van der Waals surface area contributed by atoms with E-state index in [9.17, 15) is 9.59 Å². The Labute approximate surface area is 239 Å². The highest BCUT2D eigenvalue weighted by Crippen LogP contribution is 2.28. The number of aryl methyl sites for hydroxylation is 1. The number of amides is 3. The highest BCUT2D eigenvalue weighted by atomic mass is 32.1. The molecule has 0 aliphatic rings. The van der Waals surface area contributed by atoms with Crippen molar-refractivity contribution in [3.05, 3.63) is 76.5 Å². The number of hydrogen-bond donors (Lipinski definition) is 1. The molecular weight excluding hydrogens is 530 g/mol. The molecule has 1 N–H and O–H groups in total. The molecule has 1 aromatic heterocycles. The van der Waals surface area contributed by atoms with E-state index in [1.807, 2.05) is 36.6 Å². The van der Waals surface area contributed by atoms with Crippen molar-refractivity contribution in [2.75, 3.05) is 53.4 Å². The molecular formula is C30H37N3O6S. The number of anilines is 1. The van der Waals surface area contributed by atoms with Crippen LogP contribution in [0.1, 0.15) is 16.0 Å². The van der Waals surface area contributed by atoms with Crippen molar-refractivity contribution >= 4 is 29.0 Å². The van der Waals surface area contributed by atoms with Gasteiger partial charge in [0.2, 0.25) is 5.91 Å². The second-order valence-corrected chi connectivity index (χ2v) is 9.98. The molecule has 0 unspecified atom stereocenters. The Kier molecular flexibility index (Phi) is 11.3. The number of ether oxygens (including phenoxy) is 4. The third-order valence-corrected chi connectivity index (χ3v) is 7.35. The van der Waals surface area contributed by atoms with Crippen molar-refractivity contribution in [1.82, 2.24) is 9.80 Å². The van der Waals surface area contributed by atoms with Crippen LogP contribution < -0.4 is 24.3 Å². The van der Waals surface area contributed by atoms with Crippen LogP contribution in [-0.4, -0.2) is 69.8 Å². The first kappa shape index (κ1) is 30.4. The highest BCUT2D eigenvalue weighted by Gasteiger charge is 2.22. The minimum absolute atomic E-state index is 0.116. The van der Waals surface area contributed by atoms with Gasteiger partial charge in [-0.3, -0.25) is 4.79 Å². The molecule has 3 rings (SSSR count). The fraction of sp³-hybridized carbons (Fsp3) is 0.333. The van der Waals surface area contributed by atoms with Crippen molar-refractivity contribution in [1.29, 1.82) is 0 Å². The molecule has 40 heavy (non-hydrogen) atoms. The van der Waals surface area contributed by atoms with Crippen LogP contribution in [-0.2, 0) is 17.8 Å². The first-order valence-electron chi connectivity index (χ1n) is 12.7. The second kappa shape index (κ2) is 14.8.